The van der Waals surface area contributed by atoms with Crippen LogP contribution in [0, 0.1) is 10.1 Å². The van der Waals surface area contributed by atoms with Gasteiger partial charge in [-0.25, -0.2) is 8.42 Å². The summed E-state index contributed by atoms with van der Waals surface area (Å²) >= 11 is 0. The van der Waals surface area contributed by atoms with Gasteiger partial charge in [0.25, 0.3) is 5.69 Å². The van der Waals surface area contributed by atoms with E-state index in [1.807, 2.05) is 6.92 Å². The Morgan fingerprint density at radius 2 is 2.00 bits per heavy atom. The van der Waals surface area contributed by atoms with Crippen LogP contribution in [0.25, 0.3) is 0 Å². The lowest BCUT2D eigenvalue weighted by atomic mass is 10.2. The van der Waals surface area contributed by atoms with Crippen molar-refractivity contribution in [2.45, 2.75) is 11.8 Å². The largest absolute Gasteiger partial charge is 0.378 e. The predicted molar refractivity (Wildman–Crippen MR) is 73.2 cm³/mol. The summed E-state index contributed by atoms with van der Waals surface area (Å²) in [6.07, 6.45) is 1.02. The molecule has 0 aliphatic rings. The molecule has 1 aromatic carbocycles. The third-order valence-electron chi connectivity index (χ3n) is 2.46. The summed E-state index contributed by atoms with van der Waals surface area (Å²) in [7, 11) is -3.45. The van der Waals surface area contributed by atoms with Gasteiger partial charge in [-0.3, -0.25) is 10.1 Å². The second-order valence-electron chi connectivity index (χ2n) is 3.99. The van der Waals surface area contributed by atoms with Gasteiger partial charge in [0.15, 0.2) is 9.84 Å². The molecule has 1 aromatic rings. The van der Waals surface area contributed by atoms with E-state index in [9.17, 15) is 18.5 Å². The summed E-state index contributed by atoms with van der Waals surface area (Å²) in [6, 6.07) is 3.85. The molecule has 0 fully saturated rings. The number of nitro groups is 1. The van der Waals surface area contributed by atoms with E-state index in [1.165, 1.54) is 12.1 Å². The number of anilines is 1. The van der Waals surface area contributed by atoms with Gasteiger partial charge < -0.3 is 10.6 Å². The zero-order valence-electron chi connectivity index (χ0n) is 10.8. The average Bonchev–Trinajstić information content (AvgIpc) is 2.33. The standard InChI is InChI=1S/C11H17N3O4S/c1-3-12-6-7-13-10-5-4-9(19(2,17)18)8-11(10)14(15)16/h4-5,8,12-13H,3,6-7H2,1-2H3. The number of sulfone groups is 1. The van der Waals surface area contributed by atoms with E-state index in [0.29, 0.717) is 18.8 Å². The van der Waals surface area contributed by atoms with Gasteiger partial charge in [0.1, 0.15) is 5.69 Å². The number of benzene rings is 1. The first-order valence-electron chi connectivity index (χ1n) is 5.79. The fourth-order valence-electron chi connectivity index (χ4n) is 1.50. The van der Waals surface area contributed by atoms with Crippen LogP contribution in [0.3, 0.4) is 0 Å². The molecule has 0 heterocycles. The van der Waals surface area contributed by atoms with Crippen LogP contribution in [0.4, 0.5) is 11.4 Å². The van der Waals surface area contributed by atoms with Crippen LogP contribution in [-0.2, 0) is 9.84 Å². The molecule has 0 bridgehead atoms. The Morgan fingerprint density at radius 1 is 1.32 bits per heavy atom. The molecule has 0 radical (unpaired) electrons. The maximum absolute atomic E-state index is 11.4. The molecule has 0 aliphatic heterocycles. The Bertz CT molecular complexity index is 557. The molecule has 106 valence electrons. The van der Waals surface area contributed by atoms with Crippen LogP contribution in [0.5, 0.6) is 0 Å². The molecule has 0 saturated heterocycles. The molecule has 0 aliphatic carbocycles. The lowest BCUT2D eigenvalue weighted by Crippen LogP contribution is -2.21. The second-order valence-corrected chi connectivity index (χ2v) is 6.00. The van der Waals surface area contributed by atoms with E-state index in [1.54, 1.807) is 0 Å². The number of hydrogen-bond acceptors (Lipinski definition) is 6. The Balaban J connectivity index is 2.96. The minimum absolute atomic E-state index is 0.0589. The lowest BCUT2D eigenvalue weighted by molar-refractivity contribution is -0.384. The maximum atomic E-state index is 11.4. The highest BCUT2D eigenvalue weighted by Gasteiger charge is 2.18. The molecule has 0 atom stereocenters. The molecule has 1 rings (SSSR count). The normalized spacial score (nSPS) is 11.3. The lowest BCUT2D eigenvalue weighted by Gasteiger charge is -2.08. The van der Waals surface area contributed by atoms with Gasteiger partial charge in [-0.1, -0.05) is 6.92 Å². The minimum Gasteiger partial charge on any atom is -0.378 e. The zero-order valence-corrected chi connectivity index (χ0v) is 11.7. The molecule has 8 heteroatoms. The van der Waals surface area contributed by atoms with E-state index in [-0.39, 0.29) is 10.6 Å². The van der Waals surface area contributed by atoms with E-state index < -0.39 is 14.8 Å². The van der Waals surface area contributed by atoms with Crippen molar-refractivity contribution in [1.29, 1.82) is 0 Å². The Labute approximate surface area is 112 Å². The number of likely N-dealkylation sites (N-methyl/N-ethyl adjacent to an activating group) is 1. The van der Waals surface area contributed by atoms with Crippen molar-refractivity contribution in [3.8, 4) is 0 Å². The van der Waals surface area contributed by atoms with Gasteiger partial charge in [-0.2, -0.15) is 0 Å². The zero-order chi connectivity index (χ0) is 14.5. The summed E-state index contributed by atoms with van der Waals surface area (Å²) in [5.74, 6) is 0. The summed E-state index contributed by atoms with van der Waals surface area (Å²) in [5.41, 5.74) is 0.0785. The minimum atomic E-state index is -3.45. The summed E-state index contributed by atoms with van der Waals surface area (Å²) < 4.78 is 22.7. The van der Waals surface area contributed by atoms with Crippen molar-refractivity contribution in [2.24, 2.45) is 0 Å². The molecule has 0 aromatic heterocycles. The summed E-state index contributed by atoms with van der Waals surface area (Å²) in [6.45, 7) is 3.97. The molecule has 0 saturated carbocycles. The monoisotopic (exact) mass is 287 g/mol. The first kappa shape index (κ1) is 15.4. The number of nitrogens with one attached hydrogen (secondary N) is 2. The third kappa shape index (κ3) is 4.49. The number of nitro benzene ring substituents is 1. The summed E-state index contributed by atoms with van der Waals surface area (Å²) in [4.78, 5) is 10.3. The van der Waals surface area contributed by atoms with Crippen LogP contribution in [0.1, 0.15) is 6.92 Å². The molecule has 19 heavy (non-hydrogen) atoms. The van der Waals surface area contributed by atoms with Gasteiger partial charge >= 0.3 is 0 Å². The first-order valence-corrected chi connectivity index (χ1v) is 7.68. The second kappa shape index (κ2) is 6.48. The van der Waals surface area contributed by atoms with Crippen LogP contribution < -0.4 is 10.6 Å². The Morgan fingerprint density at radius 3 is 2.53 bits per heavy atom. The van der Waals surface area contributed by atoms with Crippen molar-refractivity contribution < 1.29 is 13.3 Å². The van der Waals surface area contributed by atoms with E-state index >= 15 is 0 Å². The van der Waals surface area contributed by atoms with Gasteiger partial charge in [0.05, 0.1) is 9.82 Å². The van der Waals surface area contributed by atoms with Gasteiger partial charge in [0, 0.05) is 25.4 Å². The van der Waals surface area contributed by atoms with Gasteiger partial charge in [-0.15, -0.1) is 0 Å². The highest BCUT2D eigenvalue weighted by molar-refractivity contribution is 7.90. The number of rotatable bonds is 7. The van der Waals surface area contributed by atoms with Crippen LogP contribution in [0.2, 0.25) is 0 Å². The number of nitrogens with zero attached hydrogens (tertiary/aromatic N) is 1. The summed E-state index contributed by atoms with van der Waals surface area (Å²) in [5, 5.41) is 16.9. The Kier molecular flexibility index (Phi) is 5.25. The average molecular weight is 287 g/mol. The SMILES string of the molecule is CCNCCNc1ccc(S(C)(=O)=O)cc1[N+](=O)[O-]. The molecule has 2 N–H and O–H groups in total. The van der Waals surface area contributed by atoms with Crippen LogP contribution >= 0.6 is 0 Å². The fourth-order valence-corrected chi connectivity index (χ4v) is 2.15. The molecule has 7 nitrogen and oxygen atoms in total. The predicted octanol–water partition coefficient (Wildman–Crippen LogP) is 1.02. The molecule has 0 amide bonds. The van der Waals surface area contributed by atoms with E-state index in [2.05, 4.69) is 10.6 Å². The van der Waals surface area contributed by atoms with Crippen molar-refractivity contribution >= 4 is 21.2 Å². The molecule has 0 unspecified atom stereocenters. The molecule has 0 spiro atoms. The molecular weight excluding hydrogens is 270 g/mol. The van der Waals surface area contributed by atoms with Gasteiger partial charge in [-0.05, 0) is 18.7 Å². The third-order valence-corrected chi connectivity index (χ3v) is 3.57. The molecular formula is C11H17N3O4S. The quantitative estimate of drug-likeness (QED) is 0.441. The van der Waals surface area contributed by atoms with Crippen molar-refractivity contribution in [3.05, 3.63) is 28.3 Å². The topological polar surface area (TPSA) is 101 Å². The van der Waals surface area contributed by atoms with Gasteiger partial charge in [0.2, 0.25) is 0 Å². The van der Waals surface area contributed by atoms with Crippen LogP contribution in [0.15, 0.2) is 23.1 Å². The highest BCUT2D eigenvalue weighted by Crippen LogP contribution is 2.27. The first-order chi connectivity index (χ1) is 8.86. The fraction of sp³-hybridized carbons (Fsp3) is 0.455. The number of hydrogen-bond donors (Lipinski definition) is 2. The van der Waals surface area contributed by atoms with Crippen molar-refractivity contribution in [2.75, 3.05) is 31.2 Å². The van der Waals surface area contributed by atoms with Crippen molar-refractivity contribution in [3.63, 3.8) is 0 Å². The highest BCUT2D eigenvalue weighted by atomic mass is 32.2. The van der Waals surface area contributed by atoms with E-state index in [0.717, 1.165) is 18.9 Å². The van der Waals surface area contributed by atoms with Crippen LogP contribution in [-0.4, -0.2) is 39.2 Å². The maximum Gasteiger partial charge on any atom is 0.293 e. The van der Waals surface area contributed by atoms with E-state index in [4.69, 9.17) is 0 Å². The Hall–Kier alpha value is -1.67. The van der Waals surface area contributed by atoms with Crippen molar-refractivity contribution in [1.82, 2.24) is 5.32 Å². The smallest absolute Gasteiger partial charge is 0.293 e.